The summed E-state index contributed by atoms with van der Waals surface area (Å²) in [5, 5.41) is 2.59. The fourth-order valence-corrected chi connectivity index (χ4v) is 4.20. The summed E-state index contributed by atoms with van der Waals surface area (Å²) in [5.74, 6) is 0.292. The van der Waals surface area contributed by atoms with Crippen molar-refractivity contribution in [2.24, 2.45) is 16.7 Å². The first kappa shape index (κ1) is 15.7. The van der Waals surface area contributed by atoms with Gasteiger partial charge in [-0.05, 0) is 30.6 Å². The lowest BCUT2D eigenvalue weighted by Gasteiger charge is -2.38. The Morgan fingerprint density at radius 3 is 2.45 bits per heavy atom. The molecule has 2 fully saturated rings. The molecule has 4 atom stereocenters. The molecule has 2 saturated carbocycles. The molecule has 4 nitrogen and oxygen atoms in total. The van der Waals surface area contributed by atoms with Gasteiger partial charge in [-0.3, -0.25) is 4.79 Å². The van der Waals surface area contributed by atoms with Gasteiger partial charge in [0.1, 0.15) is 12.1 Å². The molecule has 2 aliphatic rings. The zero-order chi connectivity index (χ0) is 15.1. The van der Waals surface area contributed by atoms with Gasteiger partial charge in [0, 0.05) is 18.1 Å². The number of nitrogens with one attached hydrogen (secondary N) is 1. The largest absolute Gasteiger partial charge is 0.460 e. The predicted molar refractivity (Wildman–Crippen MR) is 80.6 cm³/mol. The van der Waals surface area contributed by atoms with Crippen LogP contribution in [0.2, 0.25) is 0 Å². The molecule has 0 spiro atoms. The molecule has 2 bridgehead atoms. The molecule has 0 aliphatic heterocycles. The Balaban J connectivity index is 2.04. The smallest absolute Gasteiger partial charge is 0.329 e. The van der Waals surface area contributed by atoms with Gasteiger partial charge in [-0.1, -0.05) is 20.8 Å². The summed E-state index contributed by atoms with van der Waals surface area (Å²) in [7, 11) is 0. The van der Waals surface area contributed by atoms with Crippen LogP contribution in [0, 0.1) is 16.7 Å². The molecular formula is C15H25NO3S. The number of amides is 1. The summed E-state index contributed by atoms with van der Waals surface area (Å²) in [5.41, 5.74) is 0.257. The number of ether oxygens (including phenoxy) is 1. The maximum atomic E-state index is 12.2. The van der Waals surface area contributed by atoms with E-state index in [2.05, 4.69) is 38.7 Å². The van der Waals surface area contributed by atoms with Crippen LogP contribution < -0.4 is 5.32 Å². The van der Waals surface area contributed by atoms with Crippen molar-refractivity contribution in [2.45, 2.75) is 59.1 Å². The molecule has 0 saturated heterocycles. The number of carbonyl (C=O) groups excluding carboxylic acids is 2. The third-order valence-electron chi connectivity index (χ3n) is 5.82. The standard InChI is InChI=1S/C15H25NO3S/c1-9(17)16-11(8-20)13(18)19-12-7-10-5-6-15(12,4)14(10,2)3/h10-12,20H,5-8H2,1-4H3,(H,16,17). The lowest BCUT2D eigenvalue weighted by molar-refractivity contribution is -0.159. The van der Waals surface area contributed by atoms with Crippen LogP contribution in [-0.4, -0.2) is 29.8 Å². The van der Waals surface area contributed by atoms with Crippen molar-refractivity contribution in [1.29, 1.82) is 0 Å². The van der Waals surface area contributed by atoms with Gasteiger partial charge >= 0.3 is 5.97 Å². The lowest BCUT2D eigenvalue weighted by atomic mass is 9.70. The fourth-order valence-electron chi connectivity index (χ4n) is 3.96. The van der Waals surface area contributed by atoms with Crippen molar-refractivity contribution in [3.63, 3.8) is 0 Å². The van der Waals surface area contributed by atoms with E-state index in [4.69, 9.17) is 4.74 Å². The molecule has 1 N–H and O–H groups in total. The molecule has 4 unspecified atom stereocenters. The minimum atomic E-state index is -0.651. The summed E-state index contributed by atoms with van der Waals surface area (Å²) in [6, 6.07) is -0.651. The monoisotopic (exact) mass is 299 g/mol. The highest BCUT2D eigenvalue weighted by atomic mass is 32.1. The molecule has 0 radical (unpaired) electrons. The average Bonchev–Trinajstić information content (AvgIpc) is 2.68. The van der Waals surface area contributed by atoms with E-state index >= 15 is 0 Å². The molecule has 0 aromatic heterocycles. The first-order valence-electron chi connectivity index (χ1n) is 7.31. The summed E-state index contributed by atoms with van der Waals surface area (Å²) in [4.78, 5) is 23.3. The van der Waals surface area contributed by atoms with Gasteiger partial charge in [-0.15, -0.1) is 0 Å². The Hall–Kier alpha value is -0.710. The van der Waals surface area contributed by atoms with E-state index in [9.17, 15) is 9.59 Å². The van der Waals surface area contributed by atoms with Crippen molar-refractivity contribution in [3.8, 4) is 0 Å². The van der Waals surface area contributed by atoms with Gasteiger partial charge in [0.15, 0.2) is 0 Å². The van der Waals surface area contributed by atoms with E-state index in [1.807, 2.05) is 0 Å². The van der Waals surface area contributed by atoms with Gasteiger partial charge in [0.05, 0.1) is 0 Å². The van der Waals surface area contributed by atoms with E-state index in [1.54, 1.807) is 0 Å². The molecule has 2 rings (SSSR count). The maximum absolute atomic E-state index is 12.2. The van der Waals surface area contributed by atoms with Crippen LogP contribution in [0.25, 0.3) is 0 Å². The second-order valence-electron chi connectivity index (χ2n) is 6.97. The molecule has 20 heavy (non-hydrogen) atoms. The molecule has 0 aromatic rings. The van der Waals surface area contributed by atoms with Gasteiger partial charge in [-0.2, -0.15) is 12.6 Å². The normalized spacial score (nSPS) is 35.6. The van der Waals surface area contributed by atoms with E-state index in [0.29, 0.717) is 5.92 Å². The predicted octanol–water partition coefficient (Wildman–Crippen LogP) is 2.18. The fraction of sp³-hybridized carbons (Fsp3) is 0.867. The van der Waals surface area contributed by atoms with Gasteiger partial charge in [0.2, 0.25) is 5.91 Å². The summed E-state index contributed by atoms with van der Waals surface area (Å²) in [6.07, 6.45) is 3.22. The Bertz CT molecular complexity index is 423. The van der Waals surface area contributed by atoms with Crippen LogP contribution in [0.1, 0.15) is 47.0 Å². The third kappa shape index (κ3) is 2.34. The highest BCUT2D eigenvalue weighted by molar-refractivity contribution is 7.80. The molecule has 0 heterocycles. The molecule has 0 aromatic carbocycles. The second-order valence-corrected chi connectivity index (χ2v) is 7.34. The Morgan fingerprint density at radius 1 is 1.40 bits per heavy atom. The van der Waals surface area contributed by atoms with Crippen LogP contribution in [0.3, 0.4) is 0 Å². The van der Waals surface area contributed by atoms with Crippen molar-refractivity contribution in [2.75, 3.05) is 5.75 Å². The molecular weight excluding hydrogens is 274 g/mol. The zero-order valence-electron chi connectivity index (χ0n) is 12.7. The Labute approximate surface area is 126 Å². The number of hydrogen-bond acceptors (Lipinski definition) is 4. The van der Waals surface area contributed by atoms with Gasteiger partial charge < -0.3 is 10.1 Å². The number of rotatable bonds is 4. The SMILES string of the molecule is CC(=O)NC(CS)C(=O)OC1CC2CCC1(C)C2(C)C. The van der Waals surface area contributed by atoms with Gasteiger partial charge in [-0.25, -0.2) is 4.79 Å². The third-order valence-corrected chi connectivity index (χ3v) is 6.18. The highest BCUT2D eigenvalue weighted by Gasteiger charge is 2.63. The van der Waals surface area contributed by atoms with Crippen LogP contribution >= 0.6 is 12.6 Å². The van der Waals surface area contributed by atoms with Crippen LogP contribution in [-0.2, 0) is 14.3 Å². The second kappa shape index (κ2) is 5.24. The average molecular weight is 299 g/mol. The van der Waals surface area contributed by atoms with E-state index in [0.717, 1.165) is 12.8 Å². The zero-order valence-corrected chi connectivity index (χ0v) is 13.6. The van der Waals surface area contributed by atoms with Crippen LogP contribution in [0.4, 0.5) is 0 Å². The minimum Gasteiger partial charge on any atom is -0.460 e. The number of carbonyl (C=O) groups is 2. The summed E-state index contributed by atoms with van der Waals surface area (Å²) < 4.78 is 5.74. The van der Waals surface area contributed by atoms with Crippen molar-refractivity contribution in [1.82, 2.24) is 5.32 Å². The van der Waals surface area contributed by atoms with Crippen molar-refractivity contribution >= 4 is 24.5 Å². The molecule has 1 amide bonds. The molecule has 2 aliphatic carbocycles. The van der Waals surface area contributed by atoms with Crippen molar-refractivity contribution < 1.29 is 14.3 Å². The summed E-state index contributed by atoms with van der Waals surface area (Å²) >= 11 is 4.12. The minimum absolute atomic E-state index is 0.0418. The van der Waals surface area contributed by atoms with Crippen LogP contribution in [0.5, 0.6) is 0 Å². The molecule has 114 valence electrons. The quantitative estimate of drug-likeness (QED) is 0.618. The highest BCUT2D eigenvalue weighted by Crippen LogP contribution is 2.66. The number of esters is 1. The van der Waals surface area contributed by atoms with E-state index < -0.39 is 6.04 Å². The summed E-state index contributed by atoms with van der Waals surface area (Å²) in [6.45, 7) is 8.18. The number of fused-ring (bicyclic) bond motifs is 2. The topological polar surface area (TPSA) is 55.4 Å². The number of hydrogen-bond donors (Lipinski definition) is 2. The van der Waals surface area contributed by atoms with E-state index in [-0.39, 0.29) is 34.6 Å². The van der Waals surface area contributed by atoms with Crippen LogP contribution in [0.15, 0.2) is 0 Å². The first-order chi connectivity index (χ1) is 9.22. The number of thiol groups is 1. The first-order valence-corrected chi connectivity index (χ1v) is 7.94. The maximum Gasteiger partial charge on any atom is 0.329 e. The van der Waals surface area contributed by atoms with E-state index in [1.165, 1.54) is 13.3 Å². The Kier molecular flexibility index (Phi) is 4.11. The molecule has 5 heteroatoms. The lowest BCUT2D eigenvalue weighted by Crippen LogP contribution is -2.46. The van der Waals surface area contributed by atoms with Crippen molar-refractivity contribution in [3.05, 3.63) is 0 Å². The Morgan fingerprint density at radius 2 is 2.05 bits per heavy atom. The van der Waals surface area contributed by atoms with Gasteiger partial charge in [0.25, 0.3) is 0 Å².